The maximum Gasteiger partial charge on any atom is 0.416 e. The van der Waals surface area contributed by atoms with Crippen molar-refractivity contribution in [2.45, 2.75) is 12.8 Å². The SMILES string of the molecule is FC(F)(F)c1ccc2nnn(OCc3nc4ccccc4s3)c2c1. The summed E-state index contributed by atoms with van der Waals surface area (Å²) in [6.07, 6.45) is -4.43. The molecule has 2 aromatic heterocycles. The fraction of sp³-hybridized carbons (Fsp3) is 0.133. The maximum absolute atomic E-state index is 12.8. The Balaban J connectivity index is 1.62. The van der Waals surface area contributed by atoms with Gasteiger partial charge in [0.15, 0.2) is 6.61 Å². The lowest BCUT2D eigenvalue weighted by atomic mass is 10.2. The average Bonchev–Trinajstić information content (AvgIpc) is 3.15. The van der Waals surface area contributed by atoms with E-state index >= 15 is 0 Å². The first-order valence-corrected chi connectivity index (χ1v) is 7.73. The van der Waals surface area contributed by atoms with Crippen molar-refractivity contribution in [3.8, 4) is 0 Å². The van der Waals surface area contributed by atoms with Crippen molar-refractivity contribution in [1.29, 1.82) is 0 Å². The van der Waals surface area contributed by atoms with Crippen LogP contribution in [0.2, 0.25) is 0 Å². The van der Waals surface area contributed by atoms with Gasteiger partial charge in [-0.15, -0.1) is 16.4 Å². The van der Waals surface area contributed by atoms with Crippen molar-refractivity contribution in [2.24, 2.45) is 0 Å². The highest BCUT2D eigenvalue weighted by atomic mass is 32.1. The zero-order chi connectivity index (χ0) is 16.7. The number of hydrogen-bond donors (Lipinski definition) is 0. The highest BCUT2D eigenvalue weighted by Gasteiger charge is 2.31. The van der Waals surface area contributed by atoms with Gasteiger partial charge in [0.1, 0.15) is 16.0 Å². The van der Waals surface area contributed by atoms with Gasteiger partial charge in [-0.1, -0.05) is 17.0 Å². The summed E-state index contributed by atoms with van der Waals surface area (Å²) in [5.41, 5.74) is 0.560. The number of halogens is 3. The van der Waals surface area contributed by atoms with Crippen LogP contribution in [0.1, 0.15) is 10.6 Å². The molecule has 24 heavy (non-hydrogen) atoms. The summed E-state index contributed by atoms with van der Waals surface area (Å²) in [5, 5.41) is 8.24. The van der Waals surface area contributed by atoms with Crippen LogP contribution in [0.25, 0.3) is 21.3 Å². The predicted octanol–water partition coefficient (Wildman–Crippen LogP) is 3.69. The third-order valence-electron chi connectivity index (χ3n) is 3.39. The van der Waals surface area contributed by atoms with E-state index in [0.717, 1.165) is 27.2 Å². The molecule has 0 aliphatic carbocycles. The van der Waals surface area contributed by atoms with Crippen LogP contribution in [0.15, 0.2) is 42.5 Å². The largest absolute Gasteiger partial charge is 0.416 e. The van der Waals surface area contributed by atoms with Crippen LogP contribution in [0.4, 0.5) is 13.2 Å². The van der Waals surface area contributed by atoms with E-state index in [0.29, 0.717) is 10.5 Å². The number of para-hydroxylation sites is 1. The second-order valence-electron chi connectivity index (χ2n) is 5.01. The molecular weight excluding hydrogens is 341 g/mol. The van der Waals surface area contributed by atoms with Crippen LogP contribution in [0.5, 0.6) is 0 Å². The van der Waals surface area contributed by atoms with Crippen molar-refractivity contribution in [1.82, 2.24) is 20.1 Å². The third-order valence-corrected chi connectivity index (χ3v) is 4.40. The van der Waals surface area contributed by atoms with Crippen LogP contribution >= 0.6 is 11.3 Å². The standard InChI is InChI=1S/C15H9F3N4OS/c16-15(17,18)9-5-6-10-12(7-9)22(21-20-10)23-8-14-19-11-3-1-2-4-13(11)24-14/h1-7H,8H2. The molecule has 9 heteroatoms. The van der Waals surface area contributed by atoms with Crippen molar-refractivity contribution < 1.29 is 18.0 Å². The molecule has 4 rings (SSSR count). The number of benzene rings is 2. The van der Waals surface area contributed by atoms with E-state index in [1.165, 1.54) is 17.4 Å². The Morgan fingerprint density at radius 2 is 1.92 bits per heavy atom. The number of rotatable bonds is 3. The summed E-state index contributed by atoms with van der Waals surface area (Å²) in [7, 11) is 0. The van der Waals surface area contributed by atoms with Crippen molar-refractivity contribution >= 4 is 32.6 Å². The Kier molecular flexibility index (Phi) is 3.38. The molecule has 0 radical (unpaired) electrons. The van der Waals surface area contributed by atoms with Gasteiger partial charge in [0.25, 0.3) is 0 Å². The number of nitrogens with zero attached hydrogens (tertiary/aromatic N) is 4. The predicted molar refractivity (Wildman–Crippen MR) is 82.4 cm³/mol. The van der Waals surface area contributed by atoms with Crippen LogP contribution in [0, 0.1) is 0 Å². The average molecular weight is 350 g/mol. The monoisotopic (exact) mass is 350 g/mol. The highest BCUT2D eigenvalue weighted by molar-refractivity contribution is 7.18. The minimum atomic E-state index is -4.43. The molecule has 0 spiro atoms. The molecular formula is C15H9F3N4OS. The lowest BCUT2D eigenvalue weighted by Crippen LogP contribution is -2.13. The normalized spacial score (nSPS) is 12.1. The van der Waals surface area contributed by atoms with Gasteiger partial charge in [-0.25, -0.2) is 4.98 Å². The summed E-state index contributed by atoms with van der Waals surface area (Å²) in [6.45, 7) is 0.0913. The summed E-state index contributed by atoms with van der Waals surface area (Å²) in [5.74, 6) is 0. The van der Waals surface area contributed by atoms with E-state index in [2.05, 4.69) is 15.3 Å². The van der Waals surface area contributed by atoms with Gasteiger partial charge < -0.3 is 4.84 Å². The summed E-state index contributed by atoms with van der Waals surface area (Å²) in [4.78, 5) is 10.9. The minimum absolute atomic E-state index is 0.0913. The molecule has 0 saturated heterocycles. The van der Waals surface area contributed by atoms with Gasteiger partial charge in [0.05, 0.1) is 15.8 Å². The van der Waals surface area contributed by atoms with E-state index in [9.17, 15) is 13.2 Å². The van der Waals surface area contributed by atoms with E-state index in [1.807, 2.05) is 24.3 Å². The molecule has 0 unspecified atom stereocenters. The number of thiazole rings is 1. The first-order chi connectivity index (χ1) is 11.5. The van der Waals surface area contributed by atoms with Gasteiger partial charge in [-0.2, -0.15) is 13.2 Å². The maximum atomic E-state index is 12.8. The Hall–Kier alpha value is -2.68. The molecule has 2 heterocycles. The molecule has 5 nitrogen and oxygen atoms in total. The summed E-state index contributed by atoms with van der Waals surface area (Å²) < 4.78 is 39.5. The fourth-order valence-electron chi connectivity index (χ4n) is 2.27. The molecule has 0 bridgehead atoms. The van der Waals surface area contributed by atoms with E-state index in [4.69, 9.17) is 4.84 Å². The molecule has 0 aliphatic heterocycles. The quantitative estimate of drug-likeness (QED) is 0.565. The molecule has 2 aromatic carbocycles. The lowest BCUT2D eigenvalue weighted by Gasteiger charge is -2.07. The Morgan fingerprint density at radius 1 is 1.08 bits per heavy atom. The second-order valence-corrected chi connectivity index (χ2v) is 6.13. The van der Waals surface area contributed by atoms with E-state index < -0.39 is 11.7 Å². The van der Waals surface area contributed by atoms with E-state index in [-0.39, 0.29) is 12.1 Å². The molecule has 0 atom stereocenters. The van der Waals surface area contributed by atoms with Crippen LogP contribution in [0.3, 0.4) is 0 Å². The molecule has 0 N–H and O–H groups in total. The second kappa shape index (κ2) is 5.45. The molecule has 4 aromatic rings. The van der Waals surface area contributed by atoms with Gasteiger partial charge in [-0.05, 0) is 35.5 Å². The summed E-state index contributed by atoms with van der Waals surface area (Å²) >= 11 is 1.45. The van der Waals surface area contributed by atoms with E-state index in [1.54, 1.807) is 0 Å². The van der Waals surface area contributed by atoms with Crippen LogP contribution in [-0.2, 0) is 12.8 Å². The van der Waals surface area contributed by atoms with Crippen LogP contribution < -0.4 is 4.84 Å². The van der Waals surface area contributed by atoms with Crippen molar-refractivity contribution in [3.63, 3.8) is 0 Å². The molecule has 0 fully saturated rings. The number of hydrogen-bond acceptors (Lipinski definition) is 5. The zero-order valence-electron chi connectivity index (χ0n) is 12.0. The van der Waals surface area contributed by atoms with Gasteiger partial charge in [0, 0.05) is 0 Å². The fourth-order valence-corrected chi connectivity index (χ4v) is 3.14. The zero-order valence-corrected chi connectivity index (χ0v) is 12.8. The van der Waals surface area contributed by atoms with Gasteiger partial charge >= 0.3 is 6.18 Å². The van der Waals surface area contributed by atoms with Crippen molar-refractivity contribution in [2.75, 3.05) is 0 Å². The van der Waals surface area contributed by atoms with Gasteiger partial charge in [0.2, 0.25) is 0 Å². The Labute approximate surface area is 137 Å². The Bertz CT molecular complexity index is 991. The highest BCUT2D eigenvalue weighted by Crippen LogP contribution is 2.30. The molecule has 0 amide bonds. The molecule has 0 saturated carbocycles. The Morgan fingerprint density at radius 3 is 2.71 bits per heavy atom. The van der Waals surface area contributed by atoms with Gasteiger partial charge in [-0.3, -0.25) is 0 Å². The topological polar surface area (TPSA) is 52.8 Å². The minimum Gasteiger partial charge on any atom is -0.388 e. The third kappa shape index (κ3) is 2.67. The number of alkyl halides is 3. The summed E-state index contributed by atoms with van der Waals surface area (Å²) in [6, 6.07) is 10.8. The first-order valence-electron chi connectivity index (χ1n) is 6.91. The van der Waals surface area contributed by atoms with Crippen LogP contribution in [-0.4, -0.2) is 20.1 Å². The number of fused-ring (bicyclic) bond motifs is 2. The smallest absolute Gasteiger partial charge is 0.388 e. The number of aromatic nitrogens is 4. The molecule has 122 valence electrons. The first kappa shape index (κ1) is 14.9. The molecule has 0 aliphatic rings. The lowest BCUT2D eigenvalue weighted by molar-refractivity contribution is -0.137. The van der Waals surface area contributed by atoms with Crippen molar-refractivity contribution in [3.05, 3.63) is 53.0 Å².